The zero-order chi connectivity index (χ0) is 9.97. The number of fused-ring (bicyclic) bond motifs is 1. The van der Waals surface area contributed by atoms with E-state index >= 15 is 0 Å². The van der Waals surface area contributed by atoms with Crippen LogP contribution in [-0.4, -0.2) is 10.8 Å². The first-order valence-corrected chi connectivity index (χ1v) is 4.42. The van der Waals surface area contributed by atoms with Crippen molar-refractivity contribution in [3.63, 3.8) is 0 Å². The van der Waals surface area contributed by atoms with E-state index < -0.39 is 0 Å². The van der Waals surface area contributed by atoms with Crippen LogP contribution in [0.25, 0.3) is 10.9 Å². The SMILES string of the molecule is CC(N)=Nc1cccc2cccnc12. The maximum absolute atomic E-state index is 5.54. The average Bonchev–Trinajstić information content (AvgIpc) is 2.18. The molecule has 2 rings (SSSR count). The molecule has 14 heavy (non-hydrogen) atoms. The standard InChI is InChI=1S/C11H11N3/c1-8(12)14-10-6-2-4-9-5-3-7-13-11(9)10/h2-7H,1H3,(H2,12,14). The zero-order valence-electron chi connectivity index (χ0n) is 7.94. The van der Waals surface area contributed by atoms with Crippen LogP contribution in [0.3, 0.4) is 0 Å². The monoisotopic (exact) mass is 185 g/mol. The second-order valence-corrected chi connectivity index (χ2v) is 3.11. The molecule has 0 atom stereocenters. The molecule has 0 bridgehead atoms. The Morgan fingerprint density at radius 3 is 2.86 bits per heavy atom. The van der Waals surface area contributed by atoms with Crippen molar-refractivity contribution in [1.82, 2.24) is 4.98 Å². The number of nitrogens with two attached hydrogens (primary N) is 1. The number of aliphatic imine (C=N–C) groups is 1. The highest BCUT2D eigenvalue weighted by Crippen LogP contribution is 2.22. The lowest BCUT2D eigenvalue weighted by molar-refractivity contribution is 1.38. The lowest BCUT2D eigenvalue weighted by Gasteiger charge is -2.00. The quantitative estimate of drug-likeness (QED) is 0.547. The predicted molar refractivity (Wildman–Crippen MR) is 58.7 cm³/mol. The van der Waals surface area contributed by atoms with Gasteiger partial charge in [-0.3, -0.25) is 4.98 Å². The number of aromatic nitrogens is 1. The van der Waals surface area contributed by atoms with Gasteiger partial charge in [-0.25, -0.2) is 4.99 Å². The van der Waals surface area contributed by atoms with Crippen molar-refractivity contribution >= 4 is 22.4 Å². The summed E-state index contributed by atoms with van der Waals surface area (Å²) in [5.74, 6) is 0.545. The van der Waals surface area contributed by atoms with E-state index in [0.717, 1.165) is 16.6 Å². The fourth-order valence-corrected chi connectivity index (χ4v) is 1.37. The fraction of sp³-hybridized carbons (Fsp3) is 0.0909. The van der Waals surface area contributed by atoms with Gasteiger partial charge in [-0.1, -0.05) is 18.2 Å². The second-order valence-electron chi connectivity index (χ2n) is 3.11. The van der Waals surface area contributed by atoms with Crippen LogP contribution in [0.1, 0.15) is 6.92 Å². The largest absolute Gasteiger partial charge is 0.387 e. The molecule has 1 aromatic heterocycles. The third-order valence-corrected chi connectivity index (χ3v) is 1.91. The van der Waals surface area contributed by atoms with Gasteiger partial charge in [-0.2, -0.15) is 0 Å². The summed E-state index contributed by atoms with van der Waals surface area (Å²) >= 11 is 0. The van der Waals surface area contributed by atoms with Crippen LogP contribution in [-0.2, 0) is 0 Å². The normalized spacial score (nSPS) is 11.9. The molecule has 1 heterocycles. The molecule has 2 aromatic rings. The van der Waals surface area contributed by atoms with Crippen molar-refractivity contribution in [1.29, 1.82) is 0 Å². The molecule has 0 spiro atoms. The van der Waals surface area contributed by atoms with E-state index in [2.05, 4.69) is 9.98 Å². The van der Waals surface area contributed by atoms with Gasteiger partial charge >= 0.3 is 0 Å². The third-order valence-electron chi connectivity index (χ3n) is 1.91. The maximum Gasteiger partial charge on any atom is 0.0965 e. The van der Waals surface area contributed by atoms with Crippen LogP contribution >= 0.6 is 0 Å². The Bertz CT molecular complexity index is 479. The minimum absolute atomic E-state index is 0.545. The molecule has 2 N–H and O–H groups in total. The fourth-order valence-electron chi connectivity index (χ4n) is 1.37. The molecule has 0 aliphatic rings. The Morgan fingerprint density at radius 2 is 2.07 bits per heavy atom. The van der Waals surface area contributed by atoms with Crippen LogP contribution in [0.15, 0.2) is 41.5 Å². The second kappa shape index (κ2) is 3.46. The minimum atomic E-state index is 0.545. The van der Waals surface area contributed by atoms with E-state index in [1.165, 1.54) is 0 Å². The smallest absolute Gasteiger partial charge is 0.0965 e. The van der Waals surface area contributed by atoms with Gasteiger partial charge in [-0.05, 0) is 19.1 Å². The number of para-hydroxylation sites is 1. The highest BCUT2D eigenvalue weighted by atomic mass is 14.9. The molecular formula is C11H11N3. The summed E-state index contributed by atoms with van der Waals surface area (Å²) in [6.45, 7) is 1.77. The molecule has 0 fully saturated rings. The Morgan fingerprint density at radius 1 is 1.29 bits per heavy atom. The van der Waals surface area contributed by atoms with Crippen LogP contribution in [0.4, 0.5) is 5.69 Å². The average molecular weight is 185 g/mol. The molecule has 0 aliphatic carbocycles. The first-order valence-electron chi connectivity index (χ1n) is 4.42. The number of pyridine rings is 1. The zero-order valence-corrected chi connectivity index (χ0v) is 7.94. The van der Waals surface area contributed by atoms with Gasteiger partial charge in [0.2, 0.25) is 0 Å². The van der Waals surface area contributed by atoms with Crippen molar-refractivity contribution in [3.8, 4) is 0 Å². The van der Waals surface area contributed by atoms with Crippen LogP contribution in [0, 0.1) is 0 Å². The third kappa shape index (κ3) is 1.57. The number of benzene rings is 1. The Labute approximate surface area is 82.3 Å². The van der Waals surface area contributed by atoms with E-state index in [9.17, 15) is 0 Å². The molecular weight excluding hydrogens is 174 g/mol. The van der Waals surface area contributed by atoms with Crippen LogP contribution < -0.4 is 5.73 Å². The Hall–Kier alpha value is -1.90. The topological polar surface area (TPSA) is 51.3 Å². The molecule has 0 aliphatic heterocycles. The summed E-state index contributed by atoms with van der Waals surface area (Å²) in [5, 5.41) is 1.08. The molecule has 3 nitrogen and oxygen atoms in total. The Kier molecular flexibility index (Phi) is 2.14. The van der Waals surface area contributed by atoms with Gasteiger partial charge in [0.1, 0.15) is 0 Å². The number of hydrogen-bond acceptors (Lipinski definition) is 2. The van der Waals surface area contributed by atoms with E-state index in [4.69, 9.17) is 5.73 Å². The van der Waals surface area contributed by atoms with Gasteiger partial charge in [0.15, 0.2) is 0 Å². The molecule has 0 saturated heterocycles. The summed E-state index contributed by atoms with van der Waals surface area (Å²) in [4.78, 5) is 8.49. The van der Waals surface area contributed by atoms with Gasteiger partial charge < -0.3 is 5.73 Å². The first-order chi connectivity index (χ1) is 6.77. The molecule has 3 heteroatoms. The predicted octanol–water partition coefficient (Wildman–Crippen LogP) is 2.24. The molecule has 0 unspecified atom stereocenters. The van der Waals surface area contributed by atoms with Gasteiger partial charge in [0.05, 0.1) is 17.0 Å². The molecule has 70 valence electrons. The minimum Gasteiger partial charge on any atom is -0.387 e. The maximum atomic E-state index is 5.54. The number of nitrogens with zero attached hydrogens (tertiary/aromatic N) is 2. The number of amidine groups is 1. The Balaban J connectivity index is 2.71. The van der Waals surface area contributed by atoms with Crippen molar-refractivity contribution < 1.29 is 0 Å². The van der Waals surface area contributed by atoms with Crippen LogP contribution in [0.5, 0.6) is 0 Å². The van der Waals surface area contributed by atoms with E-state index in [0.29, 0.717) is 5.84 Å². The molecule has 0 saturated carbocycles. The van der Waals surface area contributed by atoms with Crippen molar-refractivity contribution in [2.45, 2.75) is 6.92 Å². The van der Waals surface area contributed by atoms with E-state index in [-0.39, 0.29) is 0 Å². The summed E-state index contributed by atoms with van der Waals surface area (Å²) in [6, 6.07) is 9.78. The lowest BCUT2D eigenvalue weighted by Crippen LogP contribution is -2.03. The summed E-state index contributed by atoms with van der Waals surface area (Å²) < 4.78 is 0. The summed E-state index contributed by atoms with van der Waals surface area (Å²) in [6.07, 6.45) is 1.76. The molecule has 0 radical (unpaired) electrons. The van der Waals surface area contributed by atoms with Gasteiger partial charge in [0, 0.05) is 11.6 Å². The highest BCUT2D eigenvalue weighted by molar-refractivity contribution is 5.92. The highest BCUT2D eigenvalue weighted by Gasteiger charge is 1.98. The molecule has 0 amide bonds. The number of rotatable bonds is 1. The summed E-state index contributed by atoms with van der Waals surface area (Å²) in [7, 11) is 0. The van der Waals surface area contributed by atoms with Gasteiger partial charge in [0.25, 0.3) is 0 Å². The van der Waals surface area contributed by atoms with Crippen LogP contribution in [0.2, 0.25) is 0 Å². The van der Waals surface area contributed by atoms with Crippen molar-refractivity contribution in [3.05, 3.63) is 36.5 Å². The van der Waals surface area contributed by atoms with Crippen molar-refractivity contribution in [2.75, 3.05) is 0 Å². The van der Waals surface area contributed by atoms with Crippen molar-refractivity contribution in [2.24, 2.45) is 10.7 Å². The first kappa shape index (κ1) is 8.69. The molecule has 1 aromatic carbocycles. The van der Waals surface area contributed by atoms with E-state index in [1.54, 1.807) is 13.1 Å². The van der Waals surface area contributed by atoms with Gasteiger partial charge in [-0.15, -0.1) is 0 Å². The van der Waals surface area contributed by atoms with E-state index in [1.807, 2.05) is 30.3 Å². The summed E-state index contributed by atoms with van der Waals surface area (Å²) in [5.41, 5.74) is 7.25. The number of hydrogen-bond donors (Lipinski definition) is 1. The lowest BCUT2D eigenvalue weighted by atomic mass is 10.2.